The molecule has 0 atom stereocenters. The van der Waals surface area contributed by atoms with Gasteiger partial charge < -0.3 is 20.7 Å². The number of anilines is 3. The average molecular weight is 476 g/mol. The Kier molecular flexibility index (Phi) is 8.91. The maximum Gasteiger partial charge on any atom is 0.255 e. The summed E-state index contributed by atoms with van der Waals surface area (Å²) in [6.07, 6.45) is 0.211. The number of carbonyl (C=O) groups excluding carboxylic acids is 3. The molecule has 0 saturated carbocycles. The largest absolute Gasteiger partial charge is 0.495 e. The predicted octanol–water partition coefficient (Wildman–Crippen LogP) is 3.55. The summed E-state index contributed by atoms with van der Waals surface area (Å²) < 4.78 is 5.25. The molecule has 3 N–H and O–H groups in total. The molecule has 3 amide bonds. The number of hydrogen-bond acceptors (Lipinski definition) is 6. The average Bonchev–Trinajstić information content (AvgIpc) is 2.83. The number of benzene rings is 2. The maximum absolute atomic E-state index is 12.5. The van der Waals surface area contributed by atoms with Crippen molar-refractivity contribution in [2.75, 3.05) is 43.2 Å². The van der Waals surface area contributed by atoms with E-state index in [-0.39, 0.29) is 30.7 Å². The Hall–Kier alpha value is -4.24. The van der Waals surface area contributed by atoms with Crippen molar-refractivity contribution in [3.8, 4) is 5.75 Å². The normalized spacial score (nSPS) is 10.5. The first-order valence-electron chi connectivity index (χ1n) is 11.1. The number of pyridine rings is 1. The number of para-hydroxylation sites is 2. The Labute approximate surface area is 204 Å². The molecule has 1 aromatic heterocycles. The highest BCUT2D eigenvalue weighted by Crippen LogP contribution is 2.23. The molecule has 0 spiro atoms. The Morgan fingerprint density at radius 3 is 2.34 bits per heavy atom. The molecule has 0 aliphatic rings. The zero-order valence-electron chi connectivity index (χ0n) is 20.0. The first kappa shape index (κ1) is 25.4. The molecule has 0 unspecified atom stereocenters. The second-order valence-corrected chi connectivity index (χ2v) is 7.98. The van der Waals surface area contributed by atoms with Crippen molar-refractivity contribution >= 4 is 34.9 Å². The molecule has 1 heterocycles. The standard InChI is InChI=1S/C26H29N5O4/c1-18-7-6-10-23(27-18)30-25(33)17-31(2)16-15-24(32)28-20-13-11-19(12-14-20)26(34)29-21-8-4-5-9-22(21)35-3/h4-14H,15-17H2,1-3H3,(H,28,32)(H,29,34)(H,27,30,33). The van der Waals surface area contributed by atoms with Crippen LogP contribution in [-0.2, 0) is 9.59 Å². The molecule has 35 heavy (non-hydrogen) atoms. The number of ether oxygens (including phenoxy) is 1. The number of amides is 3. The molecule has 0 aliphatic heterocycles. The van der Waals surface area contributed by atoms with Crippen molar-refractivity contribution in [1.82, 2.24) is 9.88 Å². The van der Waals surface area contributed by atoms with Crippen LogP contribution < -0.4 is 20.7 Å². The van der Waals surface area contributed by atoms with Crippen LogP contribution in [0.3, 0.4) is 0 Å². The molecule has 9 nitrogen and oxygen atoms in total. The van der Waals surface area contributed by atoms with Gasteiger partial charge >= 0.3 is 0 Å². The van der Waals surface area contributed by atoms with Gasteiger partial charge in [0.15, 0.2) is 0 Å². The number of aryl methyl sites for hydroxylation is 1. The Balaban J connectivity index is 1.43. The highest BCUT2D eigenvalue weighted by molar-refractivity contribution is 6.05. The number of nitrogens with zero attached hydrogens (tertiary/aromatic N) is 2. The van der Waals surface area contributed by atoms with Crippen LogP contribution in [0.1, 0.15) is 22.5 Å². The summed E-state index contributed by atoms with van der Waals surface area (Å²) in [4.78, 5) is 43.0. The topological polar surface area (TPSA) is 113 Å². The van der Waals surface area contributed by atoms with Crippen molar-refractivity contribution in [3.05, 3.63) is 78.0 Å². The smallest absolute Gasteiger partial charge is 0.255 e. The lowest BCUT2D eigenvalue weighted by atomic mass is 10.2. The first-order chi connectivity index (χ1) is 16.8. The number of rotatable bonds is 10. The van der Waals surface area contributed by atoms with Crippen LogP contribution in [0.5, 0.6) is 5.75 Å². The van der Waals surface area contributed by atoms with E-state index >= 15 is 0 Å². The SMILES string of the molecule is COc1ccccc1NC(=O)c1ccc(NC(=O)CCN(C)CC(=O)Nc2cccc(C)n2)cc1. The lowest BCUT2D eigenvalue weighted by molar-refractivity contribution is -0.119. The Morgan fingerprint density at radius 1 is 0.886 bits per heavy atom. The van der Waals surface area contributed by atoms with E-state index < -0.39 is 0 Å². The number of methoxy groups -OCH3 is 1. The van der Waals surface area contributed by atoms with E-state index in [1.807, 2.05) is 31.2 Å². The first-order valence-corrected chi connectivity index (χ1v) is 11.1. The molecule has 182 valence electrons. The van der Waals surface area contributed by atoms with E-state index in [4.69, 9.17) is 4.74 Å². The summed E-state index contributed by atoms with van der Waals surface area (Å²) in [7, 11) is 3.31. The molecule has 9 heteroatoms. The summed E-state index contributed by atoms with van der Waals surface area (Å²) in [5.74, 6) is 0.394. The quantitative estimate of drug-likeness (QED) is 0.413. The van der Waals surface area contributed by atoms with Gasteiger partial charge in [0.2, 0.25) is 11.8 Å². The van der Waals surface area contributed by atoms with E-state index in [1.165, 1.54) is 7.11 Å². The summed E-state index contributed by atoms with van der Waals surface area (Å²) in [6.45, 7) is 2.39. The molecule has 2 aromatic carbocycles. The van der Waals surface area contributed by atoms with Crippen molar-refractivity contribution in [2.45, 2.75) is 13.3 Å². The highest BCUT2D eigenvalue weighted by Gasteiger charge is 2.12. The van der Waals surface area contributed by atoms with E-state index in [1.54, 1.807) is 54.4 Å². The van der Waals surface area contributed by atoms with Crippen LogP contribution in [0.4, 0.5) is 17.2 Å². The number of nitrogens with one attached hydrogen (secondary N) is 3. The van der Waals surface area contributed by atoms with Gasteiger partial charge in [-0.05, 0) is 62.5 Å². The van der Waals surface area contributed by atoms with Crippen LogP contribution in [0, 0.1) is 6.92 Å². The third-order valence-corrected chi connectivity index (χ3v) is 5.08. The van der Waals surface area contributed by atoms with Crippen molar-refractivity contribution in [1.29, 1.82) is 0 Å². The lowest BCUT2D eigenvalue weighted by Gasteiger charge is -2.16. The lowest BCUT2D eigenvalue weighted by Crippen LogP contribution is -2.32. The van der Waals surface area contributed by atoms with Gasteiger partial charge in [-0.2, -0.15) is 0 Å². The van der Waals surface area contributed by atoms with E-state index in [9.17, 15) is 14.4 Å². The minimum Gasteiger partial charge on any atom is -0.495 e. The molecular weight excluding hydrogens is 446 g/mol. The third kappa shape index (κ3) is 7.94. The van der Waals surface area contributed by atoms with Gasteiger partial charge in [0.1, 0.15) is 11.6 Å². The maximum atomic E-state index is 12.5. The van der Waals surface area contributed by atoms with Gasteiger partial charge in [-0.3, -0.25) is 19.3 Å². The summed E-state index contributed by atoms with van der Waals surface area (Å²) in [5.41, 5.74) is 2.42. The van der Waals surface area contributed by atoms with Crippen molar-refractivity contribution in [3.63, 3.8) is 0 Å². The third-order valence-electron chi connectivity index (χ3n) is 5.08. The van der Waals surface area contributed by atoms with Crippen molar-refractivity contribution in [2.24, 2.45) is 0 Å². The van der Waals surface area contributed by atoms with E-state index in [0.29, 0.717) is 35.1 Å². The molecule has 0 aliphatic carbocycles. The fraction of sp³-hybridized carbons (Fsp3) is 0.231. The Morgan fingerprint density at radius 2 is 1.63 bits per heavy atom. The van der Waals surface area contributed by atoms with Crippen LogP contribution in [0.2, 0.25) is 0 Å². The van der Waals surface area contributed by atoms with E-state index in [2.05, 4.69) is 20.9 Å². The number of aromatic nitrogens is 1. The van der Waals surface area contributed by atoms with Gasteiger partial charge in [0, 0.05) is 29.9 Å². The molecule has 3 aromatic rings. The number of likely N-dealkylation sites (N-methyl/N-ethyl adjacent to an activating group) is 1. The van der Waals surface area contributed by atoms with Crippen molar-refractivity contribution < 1.29 is 19.1 Å². The van der Waals surface area contributed by atoms with Gasteiger partial charge in [0.05, 0.1) is 19.3 Å². The van der Waals surface area contributed by atoms with Crippen LogP contribution in [0.25, 0.3) is 0 Å². The monoisotopic (exact) mass is 475 g/mol. The van der Waals surface area contributed by atoms with Gasteiger partial charge in [0.25, 0.3) is 5.91 Å². The molecule has 0 radical (unpaired) electrons. The molecule has 0 fully saturated rings. The molecule has 0 bridgehead atoms. The summed E-state index contributed by atoms with van der Waals surface area (Å²) >= 11 is 0. The number of hydrogen-bond donors (Lipinski definition) is 3. The minimum absolute atomic E-state index is 0.138. The van der Waals surface area contributed by atoms with Crippen LogP contribution >= 0.6 is 0 Å². The van der Waals surface area contributed by atoms with Crippen LogP contribution in [-0.4, -0.2) is 54.9 Å². The molecule has 0 saturated heterocycles. The Bertz CT molecular complexity index is 1180. The van der Waals surface area contributed by atoms with Crippen LogP contribution in [0.15, 0.2) is 66.7 Å². The second kappa shape index (κ2) is 12.3. The molecule has 3 rings (SSSR count). The number of carbonyl (C=O) groups is 3. The van der Waals surface area contributed by atoms with Gasteiger partial charge in [-0.1, -0.05) is 18.2 Å². The fourth-order valence-corrected chi connectivity index (χ4v) is 3.28. The highest BCUT2D eigenvalue weighted by atomic mass is 16.5. The predicted molar refractivity (Wildman–Crippen MR) is 136 cm³/mol. The minimum atomic E-state index is -0.284. The second-order valence-electron chi connectivity index (χ2n) is 7.98. The van der Waals surface area contributed by atoms with Gasteiger partial charge in [-0.25, -0.2) is 4.98 Å². The zero-order chi connectivity index (χ0) is 25.2. The fourth-order valence-electron chi connectivity index (χ4n) is 3.28. The summed E-state index contributed by atoms with van der Waals surface area (Å²) in [5, 5.41) is 8.36. The molecular formula is C26H29N5O4. The van der Waals surface area contributed by atoms with Gasteiger partial charge in [-0.15, -0.1) is 0 Å². The zero-order valence-corrected chi connectivity index (χ0v) is 20.0. The van der Waals surface area contributed by atoms with E-state index in [0.717, 1.165) is 5.69 Å². The summed E-state index contributed by atoms with van der Waals surface area (Å²) in [6, 6.07) is 19.2.